The van der Waals surface area contributed by atoms with Gasteiger partial charge in [-0.1, -0.05) is 11.6 Å². The Morgan fingerprint density at radius 2 is 1.94 bits per heavy atom. The molecule has 4 nitrogen and oxygen atoms in total. The van der Waals surface area contributed by atoms with E-state index in [0.29, 0.717) is 16.3 Å². The fourth-order valence-electron chi connectivity index (χ4n) is 1.35. The van der Waals surface area contributed by atoms with E-state index in [9.17, 15) is 9.59 Å². The number of halogens is 1. The standard InChI is InChI=1S/C12H13ClO4/c1-7(12(15)17-3)11(14)8-4-5-10(16-2)9(13)6-8/h4-7H,1-3H3. The smallest absolute Gasteiger partial charge is 0.316 e. The van der Waals surface area contributed by atoms with Gasteiger partial charge in [-0.3, -0.25) is 9.59 Å². The van der Waals surface area contributed by atoms with E-state index < -0.39 is 11.9 Å². The highest BCUT2D eigenvalue weighted by molar-refractivity contribution is 6.32. The van der Waals surface area contributed by atoms with E-state index in [4.69, 9.17) is 16.3 Å². The van der Waals surface area contributed by atoms with Crippen molar-refractivity contribution < 1.29 is 19.1 Å². The van der Waals surface area contributed by atoms with Crippen LogP contribution >= 0.6 is 11.6 Å². The van der Waals surface area contributed by atoms with Gasteiger partial charge in [0.15, 0.2) is 5.78 Å². The normalized spacial score (nSPS) is 11.8. The van der Waals surface area contributed by atoms with Crippen LogP contribution in [0.25, 0.3) is 0 Å². The van der Waals surface area contributed by atoms with E-state index in [-0.39, 0.29) is 5.78 Å². The molecule has 1 aromatic carbocycles. The van der Waals surface area contributed by atoms with Crippen LogP contribution in [-0.2, 0) is 9.53 Å². The number of methoxy groups -OCH3 is 2. The summed E-state index contributed by atoms with van der Waals surface area (Å²) in [5.74, 6) is -1.26. The summed E-state index contributed by atoms with van der Waals surface area (Å²) in [6, 6.07) is 4.62. The van der Waals surface area contributed by atoms with E-state index in [1.54, 1.807) is 12.1 Å². The lowest BCUT2D eigenvalue weighted by molar-refractivity contribution is -0.143. The second kappa shape index (κ2) is 5.68. The second-order valence-electron chi connectivity index (χ2n) is 3.46. The number of carbonyl (C=O) groups is 2. The van der Waals surface area contributed by atoms with Crippen LogP contribution in [0.4, 0.5) is 0 Å². The Morgan fingerprint density at radius 3 is 2.41 bits per heavy atom. The molecular formula is C12H13ClO4. The van der Waals surface area contributed by atoms with E-state index in [1.807, 2.05) is 0 Å². The van der Waals surface area contributed by atoms with Crippen LogP contribution in [0.2, 0.25) is 5.02 Å². The predicted molar refractivity (Wildman–Crippen MR) is 63.5 cm³/mol. The Balaban J connectivity index is 2.97. The quantitative estimate of drug-likeness (QED) is 0.471. The van der Waals surface area contributed by atoms with Crippen LogP contribution in [0, 0.1) is 5.92 Å². The number of benzene rings is 1. The van der Waals surface area contributed by atoms with Crippen molar-refractivity contribution in [1.82, 2.24) is 0 Å². The summed E-state index contributed by atoms with van der Waals surface area (Å²) in [6.07, 6.45) is 0. The second-order valence-corrected chi connectivity index (χ2v) is 3.87. The molecule has 0 bridgehead atoms. The average molecular weight is 257 g/mol. The summed E-state index contributed by atoms with van der Waals surface area (Å²) in [7, 11) is 2.73. The number of Topliss-reactive ketones (excluding diaryl/α,β-unsaturated/α-hetero) is 1. The molecular weight excluding hydrogens is 244 g/mol. The Kier molecular flexibility index (Phi) is 4.52. The predicted octanol–water partition coefficient (Wildman–Crippen LogP) is 2.34. The van der Waals surface area contributed by atoms with Crippen LogP contribution in [0.1, 0.15) is 17.3 Å². The van der Waals surface area contributed by atoms with Crippen LogP contribution in [0.5, 0.6) is 5.75 Å². The Morgan fingerprint density at radius 1 is 1.29 bits per heavy atom. The molecule has 5 heteroatoms. The van der Waals surface area contributed by atoms with E-state index >= 15 is 0 Å². The molecule has 1 aromatic rings. The Labute approximate surface area is 104 Å². The molecule has 0 aliphatic rings. The number of hydrogen-bond donors (Lipinski definition) is 0. The Bertz CT molecular complexity index is 442. The summed E-state index contributed by atoms with van der Waals surface area (Å²) < 4.78 is 9.49. The highest BCUT2D eigenvalue weighted by atomic mass is 35.5. The first-order chi connectivity index (χ1) is 8.01. The first kappa shape index (κ1) is 13.5. The zero-order valence-electron chi connectivity index (χ0n) is 9.82. The van der Waals surface area contributed by atoms with Crippen molar-refractivity contribution in [2.24, 2.45) is 5.92 Å². The number of hydrogen-bond acceptors (Lipinski definition) is 4. The van der Waals surface area contributed by atoms with Crippen molar-refractivity contribution >= 4 is 23.4 Å². The molecule has 92 valence electrons. The summed E-state index contributed by atoms with van der Waals surface area (Å²) in [6.45, 7) is 1.49. The van der Waals surface area contributed by atoms with Gasteiger partial charge in [0.1, 0.15) is 11.7 Å². The first-order valence-electron chi connectivity index (χ1n) is 4.96. The minimum absolute atomic E-state index is 0.329. The van der Waals surface area contributed by atoms with Crippen LogP contribution in [0.15, 0.2) is 18.2 Å². The van der Waals surface area contributed by atoms with Crippen molar-refractivity contribution in [3.05, 3.63) is 28.8 Å². The molecule has 1 unspecified atom stereocenters. The number of ether oxygens (including phenoxy) is 2. The van der Waals surface area contributed by atoms with Crippen molar-refractivity contribution in [3.8, 4) is 5.75 Å². The monoisotopic (exact) mass is 256 g/mol. The van der Waals surface area contributed by atoms with Crippen molar-refractivity contribution in [2.45, 2.75) is 6.92 Å². The third-order valence-corrected chi connectivity index (χ3v) is 2.68. The largest absolute Gasteiger partial charge is 0.495 e. The van der Waals surface area contributed by atoms with E-state index in [0.717, 1.165) is 0 Å². The lowest BCUT2D eigenvalue weighted by Gasteiger charge is -2.09. The third kappa shape index (κ3) is 2.97. The van der Waals surface area contributed by atoms with Gasteiger partial charge in [0.05, 0.1) is 19.2 Å². The average Bonchev–Trinajstić information content (AvgIpc) is 2.35. The molecule has 0 saturated heterocycles. The summed E-state index contributed by atoms with van der Waals surface area (Å²) in [4.78, 5) is 23.1. The number of ketones is 1. The van der Waals surface area contributed by atoms with Gasteiger partial charge in [0, 0.05) is 5.56 Å². The Hall–Kier alpha value is -1.55. The third-order valence-electron chi connectivity index (χ3n) is 2.38. The fourth-order valence-corrected chi connectivity index (χ4v) is 1.61. The molecule has 0 aromatic heterocycles. The molecule has 0 heterocycles. The van der Waals surface area contributed by atoms with E-state index in [2.05, 4.69) is 4.74 Å². The molecule has 0 N–H and O–H groups in total. The lowest BCUT2D eigenvalue weighted by atomic mass is 9.99. The highest BCUT2D eigenvalue weighted by Gasteiger charge is 2.23. The zero-order valence-corrected chi connectivity index (χ0v) is 10.6. The zero-order chi connectivity index (χ0) is 13.0. The van der Waals surface area contributed by atoms with Gasteiger partial charge in [0.2, 0.25) is 0 Å². The van der Waals surface area contributed by atoms with Gasteiger partial charge in [-0.05, 0) is 25.1 Å². The maximum absolute atomic E-state index is 11.9. The molecule has 0 saturated carbocycles. The van der Waals surface area contributed by atoms with Gasteiger partial charge in [-0.15, -0.1) is 0 Å². The minimum atomic E-state index is -0.843. The van der Waals surface area contributed by atoms with Gasteiger partial charge >= 0.3 is 5.97 Å². The highest BCUT2D eigenvalue weighted by Crippen LogP contribution is 2.26. The molecule has 0 radical (unpaired) electrons. The maximum Gasteiger partial charge on any atom is 0.316 e. The SMILES string of the molecule is COC(=O)C(C)C(=O)c1ccc(OC)c(Cl)c1. The summed E-state index contributed by atoms with van der Waals surface area (Å²) in [5.41, 5.74) is 0.355. The number of esters is 1. The first-order valence-corrected chi connectivity index (χ1v) is 5.34. The molecule has 1 atom stereocenters. The number of carbonyl (C=O) groups excluding carboxylic acids is 2. The molecule has 0 aliphatic carbocycles. The topological polar surface area (TPSA) is 52.6 Å². The van der Waals surface area contributed by atoms with Crippen LogP contribution in [0.3, 0.4) is 0 Å². The molecule has 17 heavy (non-hydrogen) atoms. The van der Waals surface area contributed by atoms with Crippen LogP contribution < -0.4 is 4.74 Å². The molecule has 0 amide bonds. The van der Waals surface area contributed by atoms with Crippen molar-refractivity contribution in [3.63, 3.8) is 0 Å². The summed E-state index contributed by atoms with van der Waals surface area (Å²) >= 11 is 5.90. The maximum atomic E-state index is 11.9. The molecule has 0 spiro atoms. The molecule has 1 rings (SSSR count). The van der Waals surface area contributed by atoms with Gasteiger partial charge in [0.25, 0.3) is 0 Å². The summed E-state index contributed by atoms with van der Waals surface area (Å²) in [5, 5.41) is 0.329. The fraction of sp³-hybridized carbons (Fsp3) is 0.333. The van der Waals surface area contributed by atoms with Crippen molar-refractivity contribution in [2.75, 3.05) is 14.2 Å². The van der Waals surface area contributed by atoms with Gasteiger partial charge in [-0.2, -0.15) is 0 Å². The van der Waals surface area contributed by atoms with Crippen molar-refractivity contribution in [1.29, 1.82) is 0 Å². The van der Waals surface area contributed by atoms with Gasteiger partial charge < -0.3 is 9.47 Å². The minimum Gasteiger partial charge on any atom is -0.495 e. The molecule has 0 aliphatic heterocycles. The van der Waals surface area contributed by atoms with Crippen LogP contribution in [-0.4, -0.2) is 26.0 Å². The van der Waals surface area contributed by atoms with E-state index in [1.165, 1.54) is 27.2 Å². The lowest BCUT2D eigenvalue weighted by Crippen LogP contribution is -2.22. The number of rotatable bonds is 4. The van der Waals surface area contributed by atoms with Gasteiger partial charge in [-0.25, -0.2) is 0 Å². The molecule has 0 fully saturated rings.